The second-order valence-electron chi connectivity index (χ2n) is 6.31. The van der Waals surface area contributed by atoms with Gasteiger partial charge in [0.25, 0.3) is 0 Å². The molecule has 0 aliphatic carbocycles. The van der Waals surface area contributed by atoms with Crippen molar-refractivity contribution in [3.8, 4) is 5.75 Å². The van der Waals surface area contributed by atoms with Crippen molar-refractivity contribution in [2.24, 2.45) is 4.99 Å². The molecule has 1 aromatic heterocycles. The molecular weight excluding hydrogens is 479 g/mol. The lowest BCUT2D eigenvalue weighted by Gasteiger charge is -2.13. The third-order valence-corrected chi connectivity index (χ3v) is 4.37. The molecule has 0 spiro atoms. The van der Waals surface area contributed by atoms with Gasteiger partial charge in [0.05, 0.1) is 13.1 Å². The van der Waals surface area contributed by atoms with E-state index < -0.39 is 0 Å². The second-order valence-corrected chi connectivity index (χ2v) is 6.31. The Hall–Kier alpha value is -2.36. The minimum absolute atomic E-state index is 0. The molecule has 156 valence electrons. The van der Waals surface area contributed by atoms with Gasteiger partial charge in [-0.25, -0.2) is 0 Å². The number of guanidine groups is 1. The first-order chi connectivity index (χ1) is 13.8. The Balaban J connectivity index is 0.00000300. The highest BCUT2D eigenvalue weighted by Crippen LogP contribution is 2.24. The summed E-state index contributed by atoms with van der Waals surface area (Å²) in [5, 5.41) is 16.9. The lowest BCUT2D eigenvalue weighted by molar-refractivity contribution is 0.325. The van der Waals surface area contributed by atoms with Crippen LogP contribution in [0.2, 0.25) is 0 Å². The van der Waals surface area contributed by atoms with Gasteiger partial charge in [-0.05, 0) is 18.4 Å². The van der Waals surface area contributed by atoms with Gasteiger partial charge in [-0.1, -0.05) is 43.3 Å². The van der Waals surface area contributed by atoms with Crippen molar-refractivity contribution in [2.45, 2.75) is 26.8 Å². The second kappa shape index (κ2) is 12.3. The lowest BCUT2D eigenvalue weighted by Crippen LogP contribution is -2.39. The van der Waals surface area contributed by atoms with Crippen LogP contribution >= 0.6 is 24.0 Å². The summed E-state index contributed by atoms with van der Waals surface area (Å²) in [4.78, 5) is 4.62. The minimum atomic E-state index is 0. The quantitative estimate of drug-likeness (QED) is 0.201. The third kappa shape index (κ3) is 6.59. The zero-order valence-electron chi connectivity index (χ0n) is 17.0. The number of fused-ring (bicyclic) bond motifs is 1. The first kappa shape index (κ1) is 22.9. The van der Waals surface area contributed by atoms with E-state index in [0.29, 0.717) is 19.7 Å². The number of aliphatic imine (C=N–C) groups is 1. The lowest BCUT2D eigenvalue weighted by atomic mass is 10.1. The van der Waals surface area contributed by atoms with E-state index in [9.17, 15) is 0 Å². The molecule has 3 aromatic rings. The van der Waals surface area contributed by atoms with Gasteiger partial charge in [-0.3, -0.25) is 4.99 Å². The molecule has 2 N–H and O–H groups in total. The van der Waals surface area contributed by atoms with Gasteiger partial charge in [0.2, 0.25) is 0 Å². The molecule has 7 nitrogen and oxygen atoms in total. The van der Waals surface area contributed by atoms with E-state index in [2.05, 4.69) is 57.9 Å². The van der Waals surface area contributed by atoms with Crippen molar-refractivity contribution < 1.29 is 4.74 Å². The summed E-state index contributed by atoms with van der Waals surface area (Å²) in [7, 11) is 0. The summed E-state index contributed by atoms with van der Waals surface area (Å²) in [5.41, 5.74) is 0. The molecule has 0 saturated carbocycles. The van der Waals surface area contributed by atoms with Crippen molar-refractivity contribution in [1.29, 1.82) is 0 Å². The van der Waals surface area contributed by atoms with Crippen molar-refractivity contribution in [3.63, 3.8) is 0 Å². The Labute approximate surface area is 189 Å². The zero-order valence-corrected chi connectivity index (χ0v) is 19.3. The van der Waals surface area contributed by atoms with Crippen LogP contribution in [-0.2, 0) is 13.0 Å². The molecule has 8 heteroatoms. The number of aryl methyl sites for hydroxylation is 1. The number of hydrogen-bond acceptors (Lipinski definition) is 4. The van der Waals surface area contributed by atoms with Crippen LogP contribution in [0.15, 0.2) is 53.8 Å². The van der Waals surface area contributed by atoms with Crippen LogP contribution < -0.4 is 15.4 Å². The van der Waals surface area contributed by atoms with E-state index in [-0.39, 0.29) is 24.0 Å². The third-order valence-electron chi connectivity index (χ3n) is 4.37. The van der Waals surface area contributed by atoms with Gasteiger partial charge in [0, 0.05) is 24.9 Å². The highest BCUT2D eigenvalue weighted by Gasteiger charge is 2.03. The smallest absolute Gasteiger partial charge is 0.191 e. The van der Waals surface area contributed by atoms with Gasteiger partial charge in [-0.15, -0.1) is 34.2 Å². The Morgan fingerprint density at radius 1 is 1.10 bits per heavy atom. The van der Waals surface area contributed by atoms with Gasteiger partial charge in [-0.2, -0.15) is 0 Å². The predicted octanol–water partition coefficient (Wildman–Crippen LogP) is 3.25. The van der Waals surface area contributed by atoms with Gasteiger partial charge in [0.1, 0.15) is 24.5 Å². The van der Waals surface area contributed by atoms with Crippen molar-refractivity contribution in [2.75, 3.05) is 26.2 Å². The number of ether oxygens (including phenoxy) is 1. The summed E-state index contributed by atoms with van der Waals surface area (Å²) in [6.45, 7) is 7.59. The molecular formula is C21H29IN6O. The van der Waals surface area contributed by atoms with Gasteiger partial charge in [0.15, 0.2) is 5.96 Å². The van der Waals surface area contributed by atoms with Crippen LogP contribution in [0.3, 0.4) is 0 Å². The number of aromatic nitrogens is 3. The molecule has 0 aliphatic heterocycles. The number of hydrogen-bond donors (Lipinski definition) is 2. The SMILES string of the molecule is CCNC(=NCCn1cnnc1CC)NCCOc1cccc2ccccc12.I. The first-order valence-electron chi connectivity index (χ1n) is 9.81. The topological polar surface area (TPSA) is 76.4 Å². The van der Waals surface area contributed by atoms with E-state index >= 15 is 0 Å². The first-order valence-corrected chi connectivity index (χ1v) is 9.81. The van der Waals surface area contributed by atoms with Crippen LogP contribution in [0.25, 0.3) is 10.8 Å². The molecule has 0 unspecified atom stereocenters. The van der Waals surface area contributed by atoms with E-state index in [1.54, 1.807) is 6.33 Å². The average Bonchev–Trinajstić information content (AvgIpc) is 3.18. The maximum atomic E-state index is 5.98. The number of rotatable bonds is 9. The number of halogens is 1. The largest absolute Gasteiger partial charge is 0.491 e. The molecule has 0 amide bonds. The monoisotopic (exact) mass is 508 g/mol. The van der Waals surface area contributed by atoms with E-state index in [1.165, 1.54) is 5.39 Å². The number of benzene rings is 2. The van der Waals surface area contributed by atoms with Crippen molar-refractivity contribution in [1.82, 2.24) is 25.4 Å². The zero-order chi connectivity index (χ0) is 19.6. The standard InChI is InChI=1S/C21H28N6O.HI/c1-3-20-26-25-16-27(20)14-12-23-21(22-4-2)24-13-15-28-19-11-7-9-17-8-5-6-10-18(17)19;/h5-11,16H,3-4,12-15H2,1-2H3,(H2,22,23,24);1H. The summed E-state index contributed by atoms with van der Waals surface area (Å²) >= 11 is 0. The molecule has 0 saturated heterocycles. The van der Waals surface area contributed by atoms with E-state index in [1.807, 2.05) is 28.8 Å². The molecule has 0 atom stereocenters. The molecule has 2 aromatic carbocycles. The molecule has 0 aliphatic rings. The van der Waals surface area contributed by atoms with Crippen LogP contribution in [0.5, 0.6) is 5.75 Å². The summed E-state index contributed by atoms with van der Waals surface area (Å²) in [6.07, 6.45) is 2.63. The summed E-state index contributed by atoms with van der Waals surface area (Å²) in [6, 6.07) is 14.4. The normalized spacial score (nSPS) is 11.2. The molecule has 0 radical (unpaired) electrons. The molecule has 0 bridgehead atoms. The summed E-state index contributed by atoms with van der Waals surface area (Å²) < 4.78 is 8.01. The Bertz CT molecular complexity index is 906. The van der Waals surface area contributed by atoms with Crippen molar-refractivity contribution >= 4 is 40.7 Å². The molecule has 1 heterocycles. The van der Waals surface area contributed by atoms with E-state index in [4.69, 9.17) is 4.74 Å². The maximum Gasteiger partial charge on any atom is 0.191 e. The van der Waals surface area contributed by atoms with Gasteiger partial charge < -0.3 is 19.9 Å². The van der Waals surface area contributed by atoms with Crippen LogP contribution in [-0.4, -0.2) is 47.0 Å². The van der Waals surface area contributed by atoms with Gasteiger partial charge >= 0.3 is 0 Å². The van der Waals surface area contributed by atoms with Crippen LogP contribution in [0.1, 0.15) is 19.7 Å². The fourth-order valence-electron chi connectivity index (χ4n) is 3.00. The van der Waals surface area contributed by atoms with Crippen LogP contribution in [0.4, 0.5) is 0 Å². The highest BCUT2D eigenvalue weighted by molar-refractivity contribution is 14.0. The summed E-state index contributed by atoms with van der Waals surface area (Å²) in [5.74, 6) is 2.67. The molecule has 0 fully saturated rings. The highest BCUT2D eigenvalue weighted by atomic mass is 127. The Kier molecular flexibility index (Phi) is 9.69. The van der Waals surface area contributed by atoms with Crippen molar-refractivity contribution in [3.05, 3.63) is 54.6 Å². The Morgan fingerprint density at radius 2 is 1.93 bits per heavy atom. The fraction of sp³-hybridized carbons (Fsp3) is 0.381. The average molecular weight is 508 g/mol. The molecule has 29 heavy (non-hydrogen) atoms. The molecule has 3 rings (SSSR count). The maximum absolute atomic E-state index is 5.98. The fourth-order valence-corrected chi connectivity index (χ4v) is 3.00. The number of nitrogens with zero attached hydrogens (tertiary/aromatic N) is 4. The van der Waals surface area contributed by atoms with Crippen LogP contribution in [0, 0.1) is 0 Å². The minimum Gasteiger partial charge on any atom is -0.491 e. The van der Waals surface area contributed by atoms with E-state index in [0.717, 1.165) is 42.4 Å². The Morgan fingerprint density at radius 3 is 2.76 bits per heavy atom. The number of nitrogens with one attached hydrogen (secondary N) is 2. The predicted molar refractivity (Wildman–Crippen MR) is 128 cm³/mol.